The summed E-state index contributed by atoms with van der Waals surface area (Å²) in [4.78, 5) is 29.5. The standard InChI is InChI=1S/C11H21N3O7/c1-10(2)8(6-20-13(16)17)5-9(7-21-14(18)19)11(3,4)12(10)15/h8-9,15H,5-7H2,1-4H3. The number of hydrogen-bond acceptors (Lipinski definition) is 8. The average Bonchev–Trinajstić information content (AvgIpc) is 2.34. The highest BCUT2D eigenvalue weighted by molar-refractivity contribution is 5.01. The van der Waals surface area contributed by atoms with Crippen LogP contribution in [0.15, 0.2) is 0 Å². The molecule has 1 rings (SSSR count). The molecule has 0 bridgehead atoms. The number of rotatable bonds is 6. The molecule has 122 valence electrons. The molecule has 0 aliphatic carbocycles. The van der Waals surface area contributed by atoms with E-state index in [1.165, 1.54) is 0 Å². The zero-order valence-electron chi connectivity index (χ0n) is 12.5. The molecule has 1 heterocycles. The Kier molecular flexibility index (Phi) is 4.95. The second kappa shape index (κ2) is 5.98. The molecule has 0 spiro atoms. The highest BCUT2D eigenvalue weighted by Gasteiger charge is 2.52. The van der Waals surface area contributed by atoms with Gasteiger partial charge in [-0.2, -0.15) is 5.06 Å². The Morgan fingerprint density at radius 1 is 1.05 bits per heavy atom. The van der Waals surface area contributed by atoms with Gasteiger partial charge in [-0.1, -0.05) is 0 Å². The second-order valence-electron chi connectivity index (χ2n) is 6.29. The van der Waals surface area contributed by atoms with Crippen LogP contribution in [-0.4, -0.2) is 44.7 Å². The number of hydroxylamine groups is 2. The third-order valence-electron chi connectivity index (χ3n) is 4.42. The Labute approximate surface area is 121 Å². The number of piperidine rings is 1. The Morgan fingerprint density at radius 3 is 1.67 bits per heavy atom. The first-order chi connectivity index (χ1) is 9.49. The summed E-state index contributed by atoms with van der Waals surface area (Å²) in [6.07, 6.45) is 0.402. The van der Waals surface area contributed by atoms with Gasteiger partial charge in [0.05, 0.1) is 0 Å². The van der Waals surface area contributed by atoms with E-state index in [2.05, 4.69) is 9.68 Å². The van der Waals surface area contributed by atoms with Gasteiger partial charge >= 0.3 is 0 Å². The van der Waals surface area contributed by atoms with Crippen molar-refractivity contribution < 1.29 is 25.1 Å². The third kappa shape index (κ3) is 3.70. The fraction of sp³-hybridized carbons (Fsp3) is 1.00. The summed E-state index contributed by atoms with van der Waals surface area (Å²) in [6, 6.07) is 0. The largest absolute Gasteiger partial charge is 0.314 e. The molecule has 1 N–H and O–H groups in total. The quantitative estimate of drug-likeness (QED) is 0.574. The lowest BCUT2D eigenvalue weighted by atomic mass is 9.68. The molecule has 0 aromatic carbocycles. The Balaban J connectivity index is 2.90. The van der Waals surface area contributed by atoms with Gasteiger partial charge < -0.3 is 14.9 Å². The van der Waals surface area contributed by atoms with Crippen LogP contribution in [0, 0.1) is 32.1 Å². The summed E-state index contributed by atoms with van der Waals surface area (Å²) < 4.78 is 0. The number of nitrogens with zero attached hydrogens (tertiary/aromatic N) is 3. The van der Waals surface area contributed by atoms with Crippen molar-refractivity contribution in [2.45, 2.75) is 45.2 Å². The molecule has 0 amide bonds. The molecular weight excluding hydrogens is 286 g/mol. The van der Waals surface area contributed by atoms with Gasteiger partial charge in [-0.3, -0.25) is 0 Å². The summed E-state index contributed by atoms with van der Waals surface area (Å²) in [5.74, 6) is -0.748. The van der Waals surface area contributed by atoms with Crippen LogP contribution >= 0.6 is 0 Å². The van der Waals surface area contributed by atoms with Gasteiger partial charge in [-0.25, -0.2) is 0 Å². The van der Waals surface area contributed by atoms with E-state index in [4.69, 9.17) is 0 Å². The molecule has 10 heteroatoms. The van der Waals surface area contributed by atoms with E-state index in [9.17, 15) is 25.4 Å². The molecule has 0 radical (unpaired) electrons. The maximum atomic E-state index is 10.4. The summed E-state index contributed by atoms with van der Waals surface area (Å²) in [5.41, 5.74) is -1.55. The van der Waals surface area contributed by atoms with Gasteiger partial charge in [0.2, 0.25) is 0 Å². The normalized spacial score (nSPS) is 27.9. The fourth-order valence-corrected chi connectivity index (χ4v) is 2.85. The lowest BCUT2D eigenvalue weighted by molar-refractivity contribution is -0.762. The van der Waals surface area contributed by atoms with Gasteiger partial charge in [-0.05, 0) is 34.1 Å². The van der Waals surface area contributed by atoms with E-state index in [0.29, 0.717) is 6.42 Å². The van der Waals surface area contributed by atoms with E-state index in [-0.39, 0.29) is 25.0 Å². The van der Waals surface area contributed by atoms with E-state index in [1.807, 2.05) is 0 Å². The van der Waals surface area contributed by atoms with Crippen molar-refractivity contribution in [1.82, 2.24) is 5.06 Å². The monoisotopic (exact) mass is 307 g/mol. The minimum atomic E-state index is -0.889. The van der Waals surface area contributed by atoms with Gasteiger partial charge in [0.15, 0.2) is 0 Å². The van der Waals surface area contributed by atoms with Crippen LogP contribution in [0.25, 0.3) is 0 Å². The van der Waals surface area contributed by atoms with Crippen LogP contribution in [0.2, 0.25) is 0 Å². The zero-order chi connectivity index (χ0) is 16.4. The molecule has 21 heavy (non-hydrogen) atoms. The van der Waals surface area contributed by atoms with Crippen LogP contribution in [0.4, 0.5) is 0 Å². The Bertz CT molecular complexity index is 377. The van der Waals surface area contributed by atoms with Crippen molar-refractivity contribution in [3.63, 3.8) is 0 Å². The Hall–Kier alpha value is -1.68. The number of hydrogen-bond donors (Lipinski definition) is 1. The smallest absolute Gasteiger partial charge is 0.294 e. The van der Waals surface area contributed by atoms with E-state index >= 15 is 0 Å². The zero-order valence-corrected chi connectivity index (χ0v) is 12.5. The average molecular weight is 307 g/mol. The minimum Gasteiger partial charge on any atom is -0.314 e. The molecule has 1 aliphatic rings. The maximum absolute atomic E-state index is 10.4. The molecule has 1 fully saturated rings. The molecule has 0 aromatic heterocycles. The highest BCUT2D eigenvalue weighted by Crippen LogP contribution is 2.44. The molecule has 10 nitrogen and oxygen atoms in total. The molecular formula is C11H21N3O7. The van der Waals surface area contributed by atoms with Crippen LogP contribution in [-0.2, 0) is 9.68 Å². The molecule has 2 unspecified atom stereocenters. The van der Waals surface area contributed by atoms with Crippen molar-refractivity contribution in [2.24, 2.45) is 11.8 Å². The first-order valence-corrected chi connectivity index (χ1v) is 6.53. The lowest BCUT2D eigenvalue weighted by Gasteiger charge is -2.56. The third-order valence-corrected chi connectivity index (χ3v) is 4.42. The van der Waals surface area contributed by atoms with Crippen molar-refractivity contribution in [2.75, 3.05) is 13.2 Å². The predicted octanol–water partition coefficient (Wildman–Crippen LogP) is 1.29. The molecule has 0 saturated carbocycles. The lowest BCUT2D eigenvalue weighted by Crippen LogP contribution is -2.66. The van der Waals surface area contributed by atoms with Gasteiger partial charge in [0, 0.05) is 22.9 Å². The minimum absolute atomic E-state index is 0.192. The van der Waals surface area contributed by atoms with Gasteiger partial charge in [-0.15, -0.1) is 20.2 Å². The highest BCUT2D eigenvalue weighted by atomic mass is 17.0. The Morgan fingerprint density at radius 2 is 1.38 bits per heavy atom. The summed E-state index contributed by atoms with van der Waals surface area (Å²) in [5, 5.41) is 30.4. The fourth-order valence-electron chi connectivity index (χ4n) is 2.85. The molecule has 0 aromatic rings. The van der Waals surface area contributed by atoms with E-state index in [1.54, 1.807) is 27.7 Å². The van der Waals surface area contributed by atoms with Crippen molar-refractivity contribution in [1.29, 1.82) is 0 Å². The summed E-state index contributed by atoms with van der Waals surface area (Å²) >= 11 is 0. The molecule has 1 saturated heterocycles. The van der Waals surface area contributed by atoms with Gasteiger partial charge in [0.25, 0.3) is 10.2 Å². The second-order valence-corrected chi connectivity index (χ2v) is 6.29. The predicted molar refractivity (Wildman–Crippen MR) is 69.3 cm³/mol. The van der Waals surface area contributed by atoms with Crippen molar-refractivity contribution >= 4 is 0 Å². The summed E-state index contributed by atoms with van der Waals surface area (Å²) in [6.45, 7) is 6.59. The molecule has 1 aliphatic heterocycles. The van der Waals surface area contributed by atoms with Gasteiger partial charge in [0.1, 0.15) is 13.2 Å². The maximum Gasteiger partial charge on any atom is 0.294 e. The van der Waals surface area contributed by atoms with E-state index < -0.39 is 21.3 Å². The SMILES string of the molecule is CC1(C)C(CO[N+](=O)[O-])CC(CO[N+](=O)[O-])C(C)(C)N1O. The van der Waals surface area contributed by atoms with Crippen molar-refractivity contribution in [3.8, 4) is 0 Å². The first-order valence-electron chi connectivity index (χ1n) is 6.53. The van der Waals surface area contributed by atoms with Crippen LogP contribution in [0.3, 0.4) is 0 Å². The summed E-state index contributed by atoms with van der Waals surface area (Å²) in [7, 11) is 0. The molecule has 2 atom stereocenters. The van der Waals surface area contributed by atoms with E-state index in [0.717, 1.165) is 5.06 Å². The van der Waals surface area contributed by atoms with Crippen LogP contribution in [0.1, 0.15) is 34.1 Å². The first kappa shape index (κ1) is 17.4. The van der Waals surface area contributed by atoms with Crippen LogP contribution < -0.4 is 0 Å². The van der Waals surface area contributed by atoms with Crippen LogP contribution in [0.5, 0.6) is 0 Å². The van der Waals surface area contributed by atoms with Crippen molar-refractivity contribution in [3.05, 3.63) is 20.2 Å². The topological polar surface area (TPSA) is 128 Å².